The molecule has 0 aromatic carbocycles. The summed E-state index contributed by atoms with van der Waals surface area (Å²) in [5.74, 6) is 0. The molecule has 0 fully saturated rings. The van der Waals surface area contributed by atoms with Crippen LogP contribution >= 0.6 is 0 Å². The van der Waals surface area contributed by atoms with Gasteiger partial charge in [-0.05, 0) is 6.42 Å². The molecule has 0 aliphatic carbocycles. The molecular weight excluding hydrogens is 321 g/mol. The Balaban J connectivity index is -0.000000254. The zero-order chi connectivity index (χ0) is 16.4. The van der Waals surface area contributed by atoms with Crippen molar-refractivity contribution in [2.24, 2.45) is 4.99 Å². The van der Waals surface area contributed by atoms with Crippen LogP contribution in [0.4, 0.5) is 34.5 Å². The van der Waals surface area contributed by atoms with E-state index in [2.05, 4.69) is 25.2 Å². The maximum Gasteiger partial charge on any atom is 1.00 e. The Bertz CT molecular complexity index is 282. The van der Waals surface area contributed by atoms with E-state index < -0.39 is 14.5 Å². The Kier molecular flexibility index (Phi) is 14.2. The van der Waals surface area contributed by atoms with Gasteiger partial charge < -0.3 is 34.5 Å². The Morgan fingerprint density at radius 3 is 1.57 bits per heavy atom. The van der Waals surface area contributed by atoms with E-state index in [9.17, 15) is 34.5 Å². The number of hydrogen-bond acceptors (Lipinski definition) is 1. The van der Waals surface area contributed by atoms with Crippen LogP contribution in [0, 0.1) is 0 Å². The van der Waals surface area contributed by atoms with Crippen LogP contribution in [0.15, 0.2) is 17.4 Å². The minimum absolute atomic E-state index is 0. The maximum absolute atomic E-state index is 9.75. The first kappa shape index (κ1) is 25.9. The summed E-state index contributed by atoms with van der Waals surface area (Å²) in [4.78, 5) is 4.06. The van der Waals surface area contributed by atoms with Crippen molar-refractivity contribution < 1.29 is 68.6 Å². The van der Waals surface area contributed by atoms with Crippen molar-refractivity contribution >= 4 is 20.8 Å². The van der Waals surface area contributed by atoms with E-state index in [4.69, 9.17) is 0 Å². The molecule has 0 saturated carbocycles. The molecule has 0 N–H and O–H groups in total. The number of quaternary nitrogens is 1. The van der Waals surface area contributed by atoms with Crippen LogP contribution in [0.2, 0.25) is 0 Å². The Morgan fingerprint density at radius 2 is 1.33 bits per heavy atom. The largest absolute Gasteiger partial charge is 1.00 e. The van der Waals surface area contributed by atoms with Gasteiger partial charge in [-0.25, -0.2) is 4.99 Å². The third-order valence-corrected chi connectivity index (χ3v) is 1.82. The fourth-order valence-electron chi connectivity index (χ4n) is 1.05. The summed E-state index contributed by atoms with van der Waals surface area (Å²) in [7, 11) is -9.83. The molecule has 21 heavy (non-hydrogen) atoms. The van der Waals surface area contributed by atoms with Crippen molar-refractivity contribution in [3.63, 3.8) is 0 Å². The predicted octanol–water partition coefficient (Wildman–Crippen LogP) is 1.35. The normalized spacial score (nSPS) is 19.9. The molecule has 1 unspecified atom stereocenters. The third kappa shape index (κ3) is 33.0. The van der Waals surface area contributed by atoms with Crippen LogP contribution < -0.4 is 29.6 Å². The molecule has 0 amide bonds. The first-order valence-corrected chi connectivity index (χ1v) is 5.58. The Labute approximate surface area is 140 Å². The van der Waals surface area contributed by atoms with Gasteiger partial charge in [-0.1, -0.05) is 13.3 Å². The van der Waals surface area contributed by atoms with Crippen molar-refractivity contribution in [3.05, 3.63) is 12.4 Å². The molecular formula is C8H15B2F8N2Na. The van der Waals surface area contributed by atoms with E-state index >= 15 is 0 Å². The van der Waals surface area contributed by atoms with Crippen LogP contribution in [0.25, 0.3) is 0 Å². The molecule has 0 saturated heterocycles. The molecule has 0 aromatic heterocycles. The van der Waals surface area contributed by atoms with Crippen LogP contribution in [0.5, 0.6) is 0 Å². The fourth-order valence-corrected chi connectivity index (χ4v) is 1.05. The zero-order valence-corrected chi connectivity index (χ0v) is 13.9. The van der Waals surface area contributed by atoms with Gasteiger partial charge in [-0.2, -0.15) is 0 Å². The topological polar surface area (TPSA) is 12.4 Å². The van der Waals surface area contributed by atoms with Crippen LogP contribution in [-0.2, 0) is 0 Å². The molecule has 0 radical (unpaired) electrons. The van der Waals surface area contributed by atoms with Crippen LogP contribution in [0.1, 0.15) is 19.8 Å². The van der Waals surface area contributed by atoms with Crippen LogP contribution in [-0.4, -0.2) is 38.9 Å². The predicted molar refractivity (Wildman–Crippen MR) is 64.0 cm³/mol. The average Bonchev–Trinajstić information content (AvgIpc) is 2.57. The first-order valence-electron chi connectivity index (χ1n) is 5.58. The molecule has 120 valence electrons. The Hall–Kier alpha value is -0.0601. The van der Waals surface area contributed by atoms with Crippen molar-refractivity contribution in [1.82, 2.24) is 0 Å². The van der Waals surface area contributed by atoms with Gasteiger partial charge in [0, 0.05) is 0 Å². The second-order valence-corrected chi connectivity index (χ2v) is 3.98. The fraction of sp³-hybridized carbons (Fsp3) is 0.625. The molecule has 1 atom stereocenters. The van der Waals surface area contributed by atoms with Crippen molar-refractivity contribution in [2.45, 2.75) is 19.8 Å². The van der Waals surface area contributed by atoms with Gasteiger partial charge in [0.05, 0.1) is 19.8 Å². The summed E-state index contributed by atoms with van der Waals surface area (Å²) in [5, 5.41) is 0. The maximum atomic E-state index is 9.75. The number of hydrogen-bond donors (Lipinski definition) is 0. The first-order chi connectivity index (χ1) is 8.77. The number of nitrogens with zero attached hydrogens (tertiary/aromatic N) is 2. The second-order valence-electron chi connectivity index (χ2n) is 3.98. The molecule has 0 bridgehead atoms. The molecule has 0 spiro atoms. The van der Waals surface area contributed by atoms with Gasteiger partial charge in [0.25, 0.3) is 0 Å². The van der Waals surface area contributed by atoms with Gasteiger partial charge in [0.15, 0.2) is 6.34 Å². The van der Waals surface area contributed by atoms with Gasteiger partial charge in [0.2, 0.25) is 0 Å². The van der Waals surface area contributed by atoms with E-state index in [-0.39, 0.29) is 29.6 Å². The van der Waals surface area contributed by atoms with E-state index in [0.29, 0.717) is 0 Å². The summed E-state index contributed by atoms with van der Waals surface area (Å²) in [6.07, 6.45) is 8.50. The molecule has 1 heterocycles. The van der Waals surface area contributed by atoms with Gasteiger partial charge in [-0.15, -0.1) is 0 Å². The quantitative estimate of drug-likeness (QED) is 0.419. The van der Waals surface area contributed by atoms with E-state index in [1.54, 1.807) is 0 Å². The average molecular weight is 336 g/mol. The molecule has 1 aliphatic heterocycles. The third-order valence-electron chi connectivity index (χ3n) is 1.82. The molecule has 0 aromatic rings. The molecule has 1 rings (SSSR count). The monoisotopic (exact) mass is 336 g/mol. The molecule has 1 aliphatic rings. The van der Waals surface area contributed by atoms with Crippen molar-refractivity contribution in [1.29, 1.82) is 0 Å². The van der Waals surface area contributed by atoms with Gasteiger partial charge in [-0.3, -0.25) is 4.48 Å². The number of unbranched alkanes of at least 4 members (excludes halogenated alkanes) is 1. The summed E-state index contributed by atoms with van der Waals surface area (Å²) in [6, 6.07) is 0. The zero-order valence-electron chi connectivity index (χ0n) is 11.9. The SMILES string of the molecule is CCCC[N+]1(C)C=CN=C1.F[B-](F)(F)F.F[B-](F)(F)F.[Na+]. The standard InChI is InChI=1S/C8H15N2.2BF4.Na/c1-3-4-6-10(2)7-5-9-8-10;2*2-1(3,4)5;/h5,7-8H,3-4,6H2,1-2H3;;;/q+1;2*-1;+1. The summed E-state index contributed by atoms with van der Waals surface area (Å²) >= 11 is 0. The second kappa shape index (κ2) is 11.5. The van der Waals surface area contributed by atoms with Gasteiger partial charge >= 0.3 is 44.1 Å². The number of aliphatic imine (C=N–C) groups is 1. The number of rotatable bonds is 3. The van der Waals surface area contributed by atoms with Crippen LogP contribution in [0.3, 0.4) is 0 Å². The smallest absolute Gasteiger partial charge is 0.418 e. The minimum atomic E-state index is -6.00. The van der Waals surface area contributed by atoms with E-state index in [0.717, 1.165) is 4.48 Å². The van der Waals surface area contributed by atoms with Crippen molar-refractivity contribution in [3.8, 4) is 0 Å². The Morgan fingerprint density at radius 1 is 0.952 bits per heavy atom. The summed E-state index contributed by atoms with van der Waals surface area (Å²) in [5.41, 5.74) is 0. The molecule has 13 heteroatoms. The molecule has 2 nitrogen and oxygen atoms in total. The summed E-state index contributed by atoms with van der Waals surface area (Å²) in [6.45, 7) is 3.39. The van der Waals surface area contributed by atoms with Gasteiger partial charge in [0.1, 0.15) is 6.20 Å². The van der Waals surface area contributed by atoms with E-state index in [1.807, 2.05) is 12.5 Å². The number of halogens is 8. The van der Waals surface area contributed by atoms with Crippen molar-refractivity contribution in [2.75, 3.05) is 13.6 Å². The van der Waals surface area contributed by atoms with E-state index in [1.165, 1.54) is 19.4 Å². The summed E-state index contributed by atoms with van der Waals surface area (Å²) < 4.78 is 78.9. The minimum Gasteiger partial charge on any atom is -0.418 e.